The number of benzene rings is 1. The van der Waals surface area contributed by atoms with Crippen molar-refractivity contribution in [2.45, 2.75) is 32.0 Å². The number of hydrogen-bond acceptors (Lipinski definition) is 3. The highest BCUT2D eigenvalue weighted by Gasteiger charge is 2.15. The zero-order chi connectivity index (χ0) is 12.8. The highest BCUT2D eigenvalue weighted by Crippen LogP contribution is 2.18. The fourth-order valence-corrected chi connectivity index (χ4v) is 2.45. The summed E-state index contributed by atoms with van der Waals surface area (Å²) < 4.78 is 12.4. The fraction of sp³-hybridized carbons (Fsp3) is 0.571. The summed E-state index contributed by atoms with van der Waals surface area (Å²) in [4.78, 5) is 0. The van der Waals surface area contributed by atoms with E-state index in [1.54, 1.807) is 0 Å². The Bertz CT molecular complexity index is 367. The smallest absolute Gasteiger partial charge is 0.120 e. The fourth-order valence-electron chi connectivity index (χ4n) is 2.07. The van der Waals surface area contributed by atoms with Gasteiger partial charge in [-0.05, 0) is 38.0 Å². The maximum Gasteiger partial charge on any atom is 0.120 e. The largest absolute Gasteiger partial charge is 0.489 e. The van der Waals surface area contributed by atoms with E-state index < -0.39 is 0 Å². The van der Waals surface area contributed by atoms with Gasteiger partial charge in [0.15, 0.2) is 0 Å². The molecule has 0 bridgehead atoms. The first-order valence-electron chi connectivity index (χ1n) is 6.48. The van der Waals surface area contributed by atoms with E-state index in [0.29, 0.717) is 6.10 Å². The summed E-state index contributed by atoms with van der Waals surface area (Å²) in [6, 6.07) is 7.93. The van der Waals surface area contributed by atoms with Crippen molar-refractivity contribution in [2.75, 3.05) is 19.7 Å². The van der Waals surface area contributed by atoms with Gasteiger partial charge in [-0.2, -0.15) is 0 Å². The van der Waals surface area contributed by atoms with Crippen molar-refractivity contribution < 1.29 is 9.47 Å². The lowest BCUT2D eigenvalue weighted by atomic mass is 10.2. The average molecular weight is 314 g/mol. The van der Waals surface area contributed by atoms with Crippen LogP contribution in [0.5, 0.6) is 5.75 Å². The summed E-state index contributed by atoms with van der Waals surface area (Å²) >= 11 is 3.44. The van der Waals surface area contributed by atoms with E-state index in [0.717, 1.165) is 29.9 Å². The molecule has 1 saturated heterocycles. The molecular weight excluding hydrogens is 294 g/mol. The standard InChI is InChI=1S/C14H20BrNO2/c1-11(9-16-10-14-6-3-7-17-14)18-13-5-2-4-12(15)8-13/h2,4-5,8,11,14,16H,3,6-7,9-10H2,1H3. The molecule has 2 unspecified atom stereocenters. The lowest BCUT2D eigenvalue weighted by molar-refractivity contribution is 0.106. The topological polar surface area (TPSA) is 30.5 Å². The van der Waals surface area contributed by atoms with Crippen LogP contribution in [-0.2, 0) is 4.74 Å². The Labute approximate surface area is 117 Å². The van der Waals surface area contributed by atoms with Crippen LogP contribution in [-0.4, -0.2) is 31.9 Å². The predicted octanol–water partition coefficient (Wildman–Crippen LogP) is 2.99. The second kappa shape index (κ2) is 7.12. The van der Waals surface area contributed by atoms with Crippen molar-refractivity contribution in [3.63, 3.8) is 0 Å². The second-order valence-electron chi connectivity index (χ2n) is 4.68. The number of rotatable bonds is 6. The lowest BCUT2D eigenvalue weighted by Crippen LogP contribution is -2.34. The van der Waals surface area contributed by atoms with E-state index in [9.17, 15) is 0 Å². The van der Waals surface area contributed by atoms with Gasteiger partial charge < -0.3 is 14.8 Å². The van der Waals surface area contributed by atoms with Crippen LogP contribution in [0.4, 0.5) is 0 Å². The molecule has 1 N–H and O–H groups in total. The van der Waals surface area contributed by atoms with Crippen LogP contribution >= 0.6 is 15.9 Å². The van der Waals surface area contributed by atoms with E-state index >= 15 is 0 Å². The molecule has 1 aliphatic heterocycles. The normalized spacial score (nSPS) is 20.9. The van der Waals surface area contributed by atoms with Gasteiger partial charge in [-0.25, -0.2) is 0 Å². The van der Waals surface area contributed by atoms with Crippen LogP contribution in [0.15, 0.2) is 28.7 Å². The van der Waals surface area contributed by atoms with Gasteiger partial charge in [0.2, 0.25) is 0 Å². The molecule has 0 aromatic heterocycles. The summed E-state index contributed by atoms with van der Waals surface area (Å²) in [6.45, 7) is 4.75. The maximum atomic E-state index is 5.83. The van der Waals surface area contributed by atoms with Crippen LogP contribution in [0, 0.1) is 0 Å². The molecule has 1 heterocycles. The zero-order valence-corrected chi connectivity index (χ0v) is 12.3. The SMILES string of the molecule is CC(CNCC1CCCO1)Oc1cccc(Br)c1. The van der Waals surface area contributed by atoms with E-state index in [-0.39, 0.29) is 6.10 Å². The van der Waals surface area contributed by atoms with E-state index in [1.165, 1.54) is 12.8 Å². The molecule has 3 nitrogen and oxygen atoms in total. The van der Waals surface area contributed by atoms with Crippen molar-refractivity contribution in [3.05, 3.63) is 28.7 Å². The van der Waals surface area contributed by atoms with E-state index in [2.05, 4.69) is 28.2 Å². The molecule has 2 rings (SSSR count). The summed E-state index contributed by atoms with van der Waals surface area (Å²) in [5.74, 6) is 0.899. The van der Waals surface area contributed by atoms with Gasteiger partial charge >= 0.3 is 0 Å². The molecule has 0 radical (unpaired) electrons. The molecule has 0 aliphatic carbocycles. The Kier molecular flexibility index (Phi) is 5.47. The Morgan fingerprint density at radius 3 is 3.17 bits per heavy atom. The minimum absolute atomic E-state index is 0.153. The molecule has 1 aromatic carbocycles. The van der Waals surface area contributed by atoms with Crippen LogP contribution in [0.25, 0.3) is 0 Å². The highest BCUT2D eigenvalue weighted by atomic mass is 79.9. The minimum atomic E-state index is 0.153. The van der Waals surface area contributed by atoms with Crippen molar-refractivity contribution >= 4 is 15.9 Å². The van der Waals surface area contributed by atoms with Gasteiger partial charge in [-0.15, -0.1) is 0 Å². The molecule has 1 aliphatic rings. The van der Waals surface area contributed by atoms with Crippen LogP contribution in [0.1, 0.15) is 19.8 Å². The Balaban J connectivity index is 1.66. The number of hydrogen-bond donors (Lipinski definition) is 1. The highest BCUT2D eigenvalue weighted by molar-refractivity contribution is 9.10. The zero-order valence-electron chi connectivity index (χ0n) is 10.7. The maximum absolute atomic E-state index is 5.83. The number of ether oxygens (including phenoxy) is 2. The summed E-state index contributed by atoms with van der Waals surface area (Å²) in [6.07, 6.45) is 2.91. The van der Waals surface area contributed by atoms with Crippen molar-refractivity contribution in [2.24, 2.45) is 0 Å². The minimum Gasteiger partial charge on any atom is -0.489 e. The van der Waals surface area contributed by atoms with Gasteiger partial charge in [-0.3, -0.25) is 0 Å². The van der Waals surface area contributed by atoms with Gasteiger partial charge in [-0.1, -0.05) is 22.0 Å². The summed E-state index contributed by atoms with van der Waals surface area (Å²) in [5, 5.41) is 3.40. The average Bonchev–Trinajstić information content (AvgIpc) is 2.82. The van der Waals surface area contributed by atoms with Crippen molar-refractivity contribution in [1.82, 2.24) is 5.32 Å². The van der Waals surface area contributed by atoms with Crippen LogP contribution in [0.3, 0.4) is 0 Å². The molecule has 1 aromatic rings. The second-order valence-corrected chi connectivity index (χ2v) is 5.59. The van der Waals surface area contributed by atoms with E-state index in [4.69, 9.17) is 9.47 Å². The summed E-state index contributed by atoms with van der Waals surface area (Å²) in [5.41, 5.74) is 0. The van der Waals surface area contributed by atoms with Gasteiger partial charge in [0, 0.05) is 24.2 Å². The molecule has 0 saturated carbocycles. The van der Waals surface area contributed by atoms with Gasteiger partial charge in [0.25, 0.3) is 0 Å². The quantitative estimate of drug-likeness (QED) is 0.876. The number of halogens is 1. The summed E-state index contributed by atoms with van der Waals surface area (Å²) in [7, 11) is 0. The Morgan fingerprint density at radius 1 is 1.56 bits per heavy atom. The van der Waals surface area contributed by atoms with Crippen LogP contribution < -0.4 is 10.1 Å². The first-order chi connectivity index (χ1) is 8.74. The Hall–Kier alpha value is -0.580. The molecule has 100 valence electrons. The first kappa shape index (κ1) is 13.8. The molecule has 0 amide bonds. The third-order valence-electron chi connectivity index (χ3n) is 2.96. The first-order valence-corrected chi connectivity index (χ1v) is 7.28. The third-order valence-corrected chi connectivity index (χ3v) is 3.45. The van der Waals surface area contributed by atoms with Crippen molar-refractivity contribution in [1.29, 1.82) is 0 Å². The molecule has 2 atom stereocenters. The van der Waals surface area contributed by atoms with Gasteiger partial charge in [0.05, 0.1) is 6.10 Å². The molecular formula is C14H20BrNO2. The molecule has 1 fully saturated rings. The van der Waals surface area contributed by atoms with Crippen LogP contribution in [0.2, 0.25) is 0 Å². The van der Waals surface area contributed by atoms with Crippen molar-refractivity contribution in [3.8, 4) is 5.75 Å². The monoisotopic (exact) mass is 313 g/mol. The van der Waals surface area contributed by atoms with Gasteiger partial charge in [0.1, 0.15) is 11.9 Å². The predicted molar refractivity (Wildman–Crippen MR) is 76.1 cm³/mol. The third kappa shape index (κ3) is 4.59. The number of nitrogens with one attached hydrogen (secondary N) is 1. The molecule has 0 spiro atoms. The Morgan fingerprint density at radius 2 is 2.44 bits per heavy atom. The lowest BCUT2D eigenvalue weighted by Gasteiger charge is -2.17. The molecule has 18 heavy (non-hydrogen) atoms. The molecule has 4 heteroatoms. The van der Waals surface area contributed by atoms with E-state index in [1.807, 2.05) is 24.3 Å².